The number of esters is 1. The van der Waals surface area contributed by atoms with Crippen LogP contribution in [0.15, 0.2) is 15.9 Å². The molecule has 1 aliphatic heterocycles. The third-order valence-electron chi connectivity index (χ3n) is 3.42. The normalized spacial score (nSPS) is 18.2. The van der Waals surface area contributed by atoms with Crippen molar-refractivity contribution in [2.24, 2.45) is 0 Å². The molecule has 1 unspecified atom stereocenters. The van der Waals surface area contributed by atoms with Gasteiger partial charge in [0.15, 0.2) is 0 Å². The molecule has 0 spiro atoms. The van der Waals surface area contributed by atoms with Crippen LogP contribution < -0.4 is 0 Å². The molecule has 0 radical (unpaired) electrons. The molecule has 0 aliphatic carbocycles. The molecular formula is C14H20BrNO2S. The van der Waals surface area contributed by atoms with Crippen molar-refractivity contribution in [2.75, 3.05) is 19.7 Å². The van der Waals surface area contributed by atoms with Gasteiger partial charge >= 0.3 is 5.97 Å². The molecule has 1 aromatic heterocycles. The molecular weight excluding hydrogens is 326 g/mol. The van der Waals surface area contributed by atoms with Crippen molar-refractivity contribution in [3.63, 3.8) is 0 Å². The topological polar surface area (TPSA) is 29.5 Å². The minimum absolute atomic E-state index is 0.0948. The first-order chi connectivity index (χ1) is 9.20. The lowest BCUT2D eigenvalue weighted by atomic mass is 10.0. The highest BCUT2D eigenvalue weighted by atomic mass is 79.9. The lowest BCUT2D eigenvalue weighted by molar-refractivity contribution is -0.144. The van der Waals surface area contributed by atoms with E-state index in [-0.39, 0.29) is 12.0 Å². The second-order valence-corrected chi connectivity index (χ2v) is 7.26. The van der Waals surface area contributed by atoms with Crippen LogP contribution in [-0.2, 0) is 9.53 Å². The summed E-state index contributed by atoms with van der Waals surface area (Å²) >= 11 is 5.22. The molecule has 0 aromatic carbocycles. The molecule has 1 aliphatic rings. The van der Waals surface area contributed by atoms with E-state index in [1.54, 1.807) is 11.3 Å². The second-order valence-electron chi connectivity index (χ2n) is 4.76. The summed E-state index contributed by atoms with van der Waals surface area (Å²) in [5.41, 5.74) is 0. The van der Waals surface area contributed by atoms with Crippen LogP contribution in [0.2, 0.25) is 0 Å². The standard InChI is InChI=1S/C14H20BrNO2S/c1-2-18-14(17)10-11(12-6-7-13(15)19-12)16-8-4-3-5-9-16/h6-7,11H,2-5,8-10H2,1H3. The van der Waals surface area contributed by atoms with Gasteiger partial charge in [-0.15, -0.1) is 11.3 Å². The van der Waals surface area contributed by atoms with Crippen LogP contribution in [0.1, 0.15) is 43.5 Å². The highest BCUT2D eigenvalue weighted by molar-refractivity contribution is 9.11. The van der Waals surface area contributed by atoms with E-state index in [1.807, 2.05) is 6.92 Å². The smallest absolute Gasteiger partial charge is 0.307 e. The van der Waals surface area contributed by atoms with Gasteiger partial charge in [0.05, 0.1) is 22.9 Å². The number of likely N-dealkylation sites (tertiary alicyclic amines) is 1. The average molecular weight is 346 g/mol. The minimum atomic E-state index is -0.0948. The fourth-order valence-electron chi connectivity index (χ4n) is 2.52. The number of nitrogens with zero attached hydrogens (tertiary/aromatic N) is 1. The summed E-state index contributed by atoms with van der Waals surface area (Å²) in [6.07, 6.45) is 4.22. The van der Waals surface area contributed by atoms with Gasteiger partial charge in [0.1, 0.15) is 0 Å². The largest absolute Gasteiger partial charge is 0.466 e. The number of thiophene rings is 1. The van der Waals surface area contributed by atoms with E-state index in [2.05, 4.69) is 33.0 Å². The van der Waals surface area contributed by atoms with E-state index in [0.29, 0.717) is 13.0 Å². The number of halogens is 1. The molecule has 1 atom stereocenters. The Morgan fingerprint density at radius 1 is 1.42 bits per heavy atom. The number of rotatable bonds is 5. The quantitative estimate of drug-likeness (QED) is 0.755. The van der Waals surface area contributed by atoms with Crippen molar-refractivity contribution in [1.82, 2.24) is 4.90 Å². The Morgan fingerprint density at radius 2 is 2.16 bits per heavy atom. The van der Waals surface area contributed by atoms with E-state index in [0.717, 1.165) is 16.9 Å². The van der Waals surface area contributed by atoms with E-state index in [1.165, 1.54) is 24.1 Å². The lowest BCUT2D eigenvalue weighted by Gasteiger charge is -2.33. The Morgan fingerprint density at radius 3 is 2.74 bits per heavy atom. The highest BCUT2D eigenvalue weighted by Crippen LogP contribution is 2.34. The van der Waals surface area contributed by atoms with Crippen LogP contribution in [-0.4, -0.2) is 30.6 Å². The van der Waals surface area contributed by atoms with Gasteiger partial charge in [-0.25, -0.2) is 0 Å². The van der Waals surface area contributed by atoms with E-state index >= 15 is 0 Å². The average Bonchev–Trinajstić information content (AvgIpc) is 2.84. The van der Waals surface area contributed by atoms with Gasteiger partial charge in [-0.05, 0) is 60.9 Å². The van der Waals surface area contributed by atoms with Crippen LogP contribution in [0, 0.1) is 0 Å². The zero-order valence-corrected chi connectivity index (χ0v) is 13.6. The van der Waals surface area contributed by atoms with Gasteiger partial charge in [-0.3, -0.25) is 9.69 Å². The van der Waals surface area contributed by atoms with E-state index < -0.39 is 0 Å². The summed E-state index contributed by atoms with van der Waals surface area (Å²) in [7, 11) is 0. The summed E-state index contributed by atoms with van der Waals surface area (Å²) < 4.78 is 6.24. The maximum absolute atomic E-state index is 11.8. The summed E-state index contributed by atoms with van der Waals surface area (Å²) in [6, 6.07) is 4.35. The molecule has 2 heterocycles. The van der Waals surface area contributed by atoms with Crippen LogP contribution in [0.4, 0.5) is 0 Å². The SMILES string of the molecule is CCOC(=O)CC(c1ccc(Br)s1)N1CCCCC1. The summed E-state index contributed by atoms with van der Waals surface area (Å²) in [5, 5.41) is 0. The molecule has 0 amide bonds. The van der Waals surface area contributed by atoms with Crippen molar-refractivity contribution in [2.45, 2.75) is 38.6 Å². The molecule has 3 nitrogen and oxygen atoms in total. The second kappa shape index (κ2) is 7.41. The van der Waals surface area contributed by atoms with Crippen LogP contribution in [0.3, 0.4) is 0 Å². The van der Waals surface area contributed by atoms with Gasteiger partial charge in [0.2, 0.25) is 0 Å². The van der Waals surface area contributed by atoms with Crippen LogP contribution in [0.25, 0.3) is 0 Å². The van der Waals surface area contributed by atoms with Gasteiger partial charge in [0.25, 0.3) is 0 Å². The van der Waals surface area contributed by atoms with Crippen molar-refractivity contribution in [1.29, 1.82) is 0 Å². The summed E-state index contributed by atoms with van der Waals surface area (Å²) in [4.78, 5) is 15.5. The molecule has 0 N–H and O–H groups in total. The number of hydrogen-bond acceptors (Lipinski definition) is 4. The predicted octanol–water partition coefficient (Wildman–Crippen LogP) is 3.99. The monoisotopic (exact) mass is 345 g/mol. The number of piperidine rings is 1. The van der Waals surface area contributed by atoms with Gasteiger partial charge in [-0.1, -0.05) is 6.42 Å². The van der Waals surface area contributed by atoms with Crippen LogP contribution >= 0.6 is 27.3 Å². The number of ether oxygens (including phenoxy) is 1. The Hall–Kier alpha value is -0.390. The highest BCUT2D eigenvalue weighted by Gasteiger charge is 2.26. The Labute approximate surface area is 127 Å². The van der Waals surface area contributed by atoms with Gasteiger partial charge in [-0.2, -0.15) is 0 Å². The van der Waals surface area contributed by atoms with Crippen molar-refractivity contribution >= 4 is 33.2 Å². The molecule has 0 saturated carbocycles. The summed E-state index contributed by atoms with van der Waals surface area (Å²) in [6.45, 7) is 4.48. The van der Waals surface area contributed by atoms with Crippen molar-refractivity contribution in [3.05, 3.63) is 20.8 Å². The first-order valence-electron chi connectivity index (χ1n) is 6.85. The molecule has 2 rings (SSSR count). The number of carbonyl (C=O) groups is 1. The Bertz CT molecular complexity index is 415. The predicted molar refractivity (Wildman–Crippen MR) is 81.4 cm³/mol. The van der Waals surface area contributed by atoms with Gasteiger partial charge in [0, 0.05) is 4.88 Å². The molecule has 1 saturated heterocycles. The van der Waals surface area contributed by atoms with Gasteiger partial charge < -0.3 is 4.74 Å². The molecule has 1 aromatic rings. The maximum Gasteiger partial charge on any atom is 0.307 e. The molecule has 106 valence electrons. The van der Waals surface area contributed by atoms with Crippen molar-refractivity contribution in [3.8, 4) is 0 Å². The minimum Gasteiger partial charge on any atom is -0.466 e. The van der Waals surface area contributed by atoms with E-state index in [9.17, 15) is 4.79 Å². The third-order valence-corrected chi connectivity index (χ3v) is 5.14. The molecule has 19 heavy (non-hydrogen) atoms. The van der Waals surface area contributed by atoms with Crippen molar-refractivity contribution < 1.29 is 9.53 Å². The fourth-order valence-corrected chi connectivity index (χ4v) is 4.08. The van der Waals surface area contributed by atoms with E-state index in [4.69, 9.17) is 4.74 Å². The zero-order chi connectivity index (χ0) is 13.7. The Balaban J connectivity index is 2.10. The third kappa shape index (κ3) is 4.29. The molecule has 0 bridgehead atoms. The molecule has 1 fully saturated rings. The zero-order valence-electron chi connectivity index (χ0n) is 11.2. The first kappa shape index (κ1) is 15.0. The first-order valence-corrected chi connectivity index (χ1v) is 8.46. The van der Waals surface area contributed by atoms with Crippen LogP contribution in [0.5, 0.6) is 0 Å². The maximum atomic E-state index is 11.8. The Kier molecular flexibility index (Phi) is 5.85. The number of hydrogen-bond donors (Lipinski definition) is 0. The lowest BCUT2D eigenvalue weighted by Crippen LogP contribution is -2.34. The fraction of sp³-hybridized carbons (Fsp3) is 0.643. The summed E-state index contributed by atoms with van der Waals surface area (Å²) in [5.74, 6) is -0.0948. The molecule has 5 heteroatoms. The number of carbonyl (C=O) groups excluding carboxylic acids is 1.